The number of nitrogens with one attached hydrogen (secondary N) is 1. The second-order valence-electron chi connectivity index (χ2n) is 7.29. The molecule has 2 amide bonds. The van der Waals surface area contributed by atoms with Crippen molar-refractivity contribution in [2.24, 2.45) is 17.3 Å². The lowest BCUT2D eigenvalue weighted by molar-refractivity contribution is -0.142. The number of likely N-dealkylation sites (tertiary alicyclic amines) is 1. The van der Waals surface area contributed by atoms with Crippen LogP contribution in [0.25, 0.3) is 0 Å². The van der Waals surface area contributed by atoms with Crippen LogP contribution in [0.3, 0.4) is 0 Å². The summed E-state index contributed by atoms with van der Waals surface area (Å²) in [6.07, 6.45) is 2.59. The van der Waals surface area contributed by atoms with Crippen LogP contribution in [0.4, 0.5) is 0 Å². The maximum atomic E-state index is 12.2. The molecule has 4 heteroatoms. The van der Waals surface area contributed by atoms with Gasteiger partial charge in [0, 0.05) is 31.0 Å². The lowest BCUT2D eigenvalue weighted by Gasteiger charge is -2.35. The average Bonchev–Trinajstić information content (AvgIpc) is 2.36. The van der Waals surface area contributed by atoms with Gasteiger partial charge in [0.05, 0.1) is 0 Å². The first-order chi connectivity index (χ1) is 9.21. The van der Waals surface area contributed by atoms with Crippen molar-refractivity contribution in [1.29, 1.82) is 0 Å². The summed E-state index contributed by atoms with van der Waals surface area (Å²) in [6.45, 7) is 12.3. The van der Waals surface area contributed by atoms with E-state index in [9.17, 15) is 9.59 Å². The van der Waals surface area contributed by atoms with E-state index in [-0.39, 0.29) is 23.1 Å². The van der Waals surface area contributed by atoms with Crippen molar-refractivity contribution in [3.8, 4) is 0 Å². The second-order valence-corrected chi connectivity index (χ2v) is 7.29. The molecule has 4 nitrogen and oxygen atoms in total. The minimum atomic E-state index is -0.327. The Kier molecular flexibility index (Phi) is 6.03. The first kappa shape index (κ1) is 17.0. The molecule has 0 unspecified atom stereocenters. The molecule has 0 spiro atoms. The molecule has 0 atom stereocenters. The Labute approximate surface area is 123 Å². The number of piperidine rings is 1. The molecule has 1 N–H and O–H groups in total. The summed E-state index contributed by atoms with van der Waals surface area (Å²) < 4.78 is 0. The molecule has 0 aliphatic carbocycles. The number of nitrogens with zero attached hydrogens (tertiary/aromatic N) is 1. The molecule has 20 heavy (non-hydrogen) atoms. The molecular weight excluding hydrogens is 252 g/mol. The van der Waals surface area contributed by atoms with E-state index in [0.717, 1.165) is 25.8 Å². The standard InChI is InChI=1S/C16H30N2O2/c1-12(2)6-9-17-14(19)13-7-10-18(11-8-13)15(20)16(3,4)5/h12-13H,6-11H2,1-5H3,(H,17,19). The van der Waals surface area contributed by atoms with Crippen LogP contribution in [-0.4, -0.2) is 36.3 Å². The third kappa shape index (κ3) is 5.14. The minimum absolute atomic E-state index is 0.0752. The van der Waals surface area contributed by atoms with E-state index in [4.69, 9.17) is 0 Å². The largest absolute Gasteiger partial charge is 0.356 e. The summed E-state index contributed by atoms with van der Waals surface area (Å²) in [5.41, 5.74) is -0.327. The Morgan fingerprint density at radius 1 is 1.20 bits per heavy atom. The quantitative estimate of drug-likeness (QED) is 0.861. The molecule has 1 heterocycles. The Hall–Kier alpha value is -1.06. The van der Waals surface area contributed by atoms with Crippen molar-refractivity contribution in [3.63, 3.8) is 0 Å². The highest BCUT2D eigenvalue weighted by molar-refractivity contribution is 5.82. The smallest absolute Gasteiger partial charge is 0.227 e. The molecule has 0 saturated carbocycles. The van der Waals surface area contributed by atoms with Crippen LogP contribution in [0.1, 0.15) is 53.9 Å². The second kappa shape index (κ2) is 7.09. The van der Waals surface area contributed by atoms with Crippen LogP contribution >= 0.6 is 0 Å². The number of amides is 2. The van der Waals surface area contributed by atoms with Gasteiger partial charge < -0.3 is 10.2 Å². The Balaban J connectivity index is 2.35. The third-order valence-electron chi connectivity index (χ3n) is 3.82. The summed E-state index contributed by atoms with van der Waals surface area (Å²) in [5.74, 6) is 1.04. The molecule has 1 rings (SSSR count). The van der Waals surface area contributed by atoms with Crippen LogP contribution in [-0.2, 0) is 9.59 Å². The maximum Gasteiger partial charge on any atom is 0.227 e. The molecule has 1 saturated heterocycles. The molecular formula is C16H30N2O2. The Morgan fingerprint density at radius 3 is 2.20 bits per heavy atom. The fourth-order valence-corrected chi connectivity index (χ4v) is 2.45. The fourth-order valence-electron chi connectivity index (χ4n) is 2.45. The van der Waals surface area contributed by atoms with Crippen molar-refractivity contribution >= 4 is 11.8 Å². The van der Waals surface area contributed by atoms with E-state index in [1.54, 1.807) is 0 Å². The van der Waals surface area contributed by atoms with Gasteiger partial charge in [-0.05, 0) is 25.2 Å². The minimum Gasteiger partial charge on any atom is -0.356 e. The Bertz CT molecular complexity index is 337. The number of carbonyl (C=O) groups is 2. The lowest BCUT2D eigenvalue weighted by Crippen LogP contribution is -2.46. The third-order valence-corrected chi connectivity index (χ3v) is 3.82. The lowest BCUT2D eigenvalue weighted by atomic mass is 9.90. The van der Waals surface area contributed by atoms with Crippen LogP contribution in [0.5, 0.6) is 0 Å². The summed E-state index contributed by atoms with van der Waals surface area (Å²) in [7, 11) is 0. The summed E-state index contributed by atoms with van der Waals surface area (Å²) >= 11 is 0. The highest BCUT2D eigenvalue weighted by Gasteiger charge is 2.32. The highest BCUT2D eigenvalue weighted by atomic mass is 16.2. The molecule has 0 aromatic heterocycles. The van der Waals surface area contributed by atoms with Gasteiger partial charge in [0.15, 0.2) is 0 Å². The maximum absolute atomic E-state index is 12.2. The molecule has 0 bridgehead atoms. The number of hydrogen-bond donors (Lipinski definition) is 1. The SMILES string of the molecule is CC(C)CCNC(=O)C1CCN(C(=O)C(C)(C)C)CC1. The normalized spacial score (nSPS) is 17.4. The van der Waals surface area contributed by atoms with Gasteiger partial charge in [-0.25, -0.2) is 0 Å². The zero-order valence-electron chi connectivity index (χ0n) is 13.7. The van der Waals surface area contributed by atoms with Gasteiger partial charge in [-0.2, -0.15) is 0 Å². The van der Waals surface area contributed by atoms with Gasteiger partial charge in [-0.1, -0.05) is 34.6 Å². The number of carbonyl (C=O) groups excluding carboxylic acids is 2. The molecule has 0 aromatic carbocycles. The van der Waals surface area contributed by atoms with Crippen molar-refractivity contribution in [2.75, 3.05) is 19.6 Å². The van der Waals surface area contributed by atoms with Crippen molar-refractivity contribution in [2.45, 2.75) is 53.9 Å². The average molecular weight is 282 g/mol. The van der Waals surface area contributed by atoms with E-state index in [2.05, 4.69) is 19.2 Å². The van der Waals surface area contributed by atoms with Gasteiger partial charge in [-0.3, -0.25) is 9.59 Å². The summed E-state index contributed by atoms with van der Waals surface area (Å²) in [6, 6.07) is 0. The fraction of sp³-hybridized carbons (Fsp3) is 0.875. The van der Waals surface area contributed by atoms with Gasteiger partial charge in [0.1, 0.15) is 0 Å². The van der Waals surface area contributed by atoms with Crippen molar-refractivity contribution in [1.82, 2.24) is 10.2 Å². The molecule has 1 aliphatic heterocycles. The van der Waals surface area contributed by atoms with Crippen molar-refractivity contribution in [3.05, 3.63) is 0 Å². The van der Waals surface area contributed by atoms with Gasteiger partial charge in [0.2, 0.25) is 11.8 Å². The summed E-state index contributed by atoms with van der Waals surface area (Å²) in [4.78, 5) is 26.1. The molecule has 1 aliphatic rings. The zero-order valence-corrected chi connectivity index (χ0v) is 13.7. The summed E-state index contributed by atoms with van der Waals surface area (Å²) in [5, 5.41) is 3.02. The van der Waals surface area contributed by atoms with E-state index in [0.29, 0.717) is 19.0 Å². The first-order valence-electron chi connectivity index (χ1n) is 7.79. The van der Waals surface area contributed by atoms with Gasteiger partial charge in [0.25, 0.3) is 0 Å². The van der Waals surface area contributed by atoms with Crippen molar-refractivity contribution < 1.29 is 9.59 Å². The highest BCUT2D eigenvalue weighted by Crippen LogP contribution is 2.23. The number of rotatable bonds is 4. The van der Waals surface area contributed by atoms with E-state index >= 15 is 0 Å². The van der Waals surface area contributed by atoms with Crippen LogP contribution in [0, 0.1) is 17.3 Å². The first-order valence-corrected chi connectivity index (χ1v) is 7.79. The monoisotopic (exact) mass is 282 g/mol. The van der Waals surface area contributed by atoms with Gasteiger partial charge in [-0.15, -0.1) is 0 Å². The Morgan fingerprint density at radius 2 is 1.75 bits per heavy atom. The topological polar surface area (TPSA) is 49.4 Å². The van der Waals surface area contributed by atoms with Crippen LogP contribution in [0.2, 0.25) is 0 Å². The molecule has 116 valence electrons. The molecule has 0 aromatic rings. The molecule has 1 fully saturated rings. The predicted octanol–water partition coefficient (Wildman–Crippen LogP) is 2.43. The number of hydrogen-bond acceptors (Lipinski definition) is 2. The van der Waals surface area contributed by atoms with Gasteiger partial charge >= 0.3 is 0 Å². The zero-order chi connectivity index (χ0) is 15.3. The van der Waals surface area contributed by atoms with E-state index in [1.807, 2.05) is 25.7 Å². The van der Waals surface area contributed by atoms with Crippen LogP contribution < -0.4 is 5.32 Å². The van der Waals surface area contributed by atoms with E-state index in [1.165, 1.54) is 0 Å². The van der Waals surface area contributed by atoms with E-state index < -0.39 is 0 Å². The predicted molar refractivity (Wildman–Crippen MR) is 81.2 cm³/mol. The molecule has 0 radical (unpaired) electrons. The van der Waals surface area contributed by atoms with Crippen LogP contribution in [0.15, 0.2) is 0 Å².